The van der Waals surface area contributed by atoms with Gasteiger partial charge in [0.15, 0.2) is 5.96 Å². The Labute approximate surface area is 139 Å². The Morgan fingerprint density at radius 1 is 1.30 bits per heavy atom. The van der Waals surface area contributed by atoms with E-state index in [0.717, 1.165) is 58.9 Å². The number of guanidine groups is 1. The quantitative estimate of drug-likeness (QED) is 0.322. The van der Waals surface area contributed by atoms with Gasteiger partial charge in [-0.2, -0.15) is 0 Å². The van der Waals surface area contributed by atoms with Gasteiger partial charge < -0.3 is 20.1 Å². The molecule has 1 atom stereocenters. The molecule has 0 aromatic carbocycles. The highest BCUT2D eigenvalue weighted by atomic mass is 127. The standard InChI is InChI=1S/C14H27N3O2.HI/c15-14(17-7-2-1-3-8-17)16-6-4-9-18-11-13-5-10-19-12-13;/h13H,1-12H2,(H2,15,16);1H. The molecule has 118 valence electrons. The molecule has 5 nitrogen and oxygen atoms in total. The van der Waals surface area contributed by atoms with Crippen LogP contribution in [0.1, 0.15) is 32.1 Å². The van der Waals surface area contributed by atoms with E-state index in [9.17, 15) is 0 Å². The number of hydrogen-bond acceptors (Lipinski definition) is 3. The van der Waals surface area contributed by atoms with Crippen molar-refractivity contribution in [1.29, 1.82) is 0 Å². The zero-order chi connectivity index (χ0) is 13.3. The number of hydrogen-bond donors (Lipinski definition) is 1. The molecule has 0 aliphatic carbocycles. The molecule has 20 heavy (non-hydrogen) atoms. The molecule has 2 fully saturated rings. The summed E-state index contributed by atoms with van der Waals surface area (Å²) < 4.78 is 11.0. The van der Waals surface area contributed by atoms with Crippen molar-refractivity contribution >= 4 is 29.9 Å². The summed E-state index contributed by atoms with van der Waals surface area (Å²) in [5, 5.41) is 0. The number of rotatable bonds is 6. The van der Waals surface area contributed by atoms with Crippen molar-refractivity contribution in [2.75, 3.05) is 46.1 Å². The lowest BCUT2D eigenvalue weighted by molar-refractivity contribution is 0.0893. The summed E-state index contributed by atoms with van der Waals surface area (Å²) in [5.41, 5.74) is 5.98. The van der Waals surface area contributed by atoms with Crippen molar-refractivity contribution in [3.05, 3.63) is 0 Å². The first-order valence-corrected chi connectivity index (χ1v) is 7.56. The fourth-order valence-electron chi connectivity index (χ4n) is 2.55. The van der Waals surface area contributed by atoms with Crippen LogP contribution in [0.4, 0.5) is 0 Å². The predicted molar refractivity (Wildman–Crippen MR) is 91.7 cm³/mol. The fraction of sp³-hybridized carbons (Fsp3) is 0.929. The first-order chi connectivity index (χ1) is 9.36. The molecule has 2 rings (SSSR count). The van der Waals surface area contributed by atoms with Gasteiger partial charge in [-0.1, -0.05) is 0 Å². The second-order valence-electron chi connectivity index (χ2n) is 5.45. The number of piperidine rings is 1. The highest BCUT2D eigenvalue weighted by Crippen LogP contribution is 2.12. The Kier molecular flexibility index (Phi) is 9.54. The second-order valence-corrected chi connectivity index (χ2v) is 5.45. The van der Waals surface area contributed by atoms with Gasteiger partial charge in [0.05, 0.1) is 13.2 Å². The van der Waals surface area contributed by atoms with Gasteiger partial charge in [0, 0.05) is 38.8 Å². The Hall–Kier alpha value is -0.0800. The minimum Gasteiger partial charge on any atom is -0.381 e. The van der Waals surface area contributed by atoms with Crippen molar-refractivity contribution in [1.82, 2.24) is 4.90 Å². The summed E-state index contributed by atoms with van der Waals surface area (Å²) in [6.45, 7) is 6.24. The maximum atomic E-state index is 5.98. The predicted octanol–water partition coefficient (Wildman–Crippen LogP) is 1.85. The molecule has 0 aromatic heterocycles. The van der Waals surface area contributed by atoms with E-state index in [0.29, 0.717) is 11.9 Å². The first kappa shape index (κ1) is 18.0. The van der Waals surface area contributed by atoms with Crippen LogP contribution in [0.3, 0.4) is 0 Å². The summed E-state index contributed by atoms with van der Waals surface area (Å²) in [7, 11) is 0. The molecule has 0 spiro atoms. The minimum absolute atomic E-state index is 0. The summed E-state index contributed by atoms with van der Waals surface area (Å²) >= 11 is 0. The van der Waals surface area contributed by atoms with Crippen LogP contribution in [0.5, 0.6) is 0 Å². The molecule has 1 unspecified atom stereocenters. The van der Waals surface area contributed by atoms with E-state index < -0.39 is 0 Å². The van der Waals surface area contributed by atoms with Gasteiger partial charge in [-0.25, -0.2) is 0 Å². The third kappa shape index (κ3) is 6.58. The van der Waals surface area contributed by atoms with Crippen LogP contribution in [-0.4, -0.2) is 56.9 Å². The smallest absolute Gasteiger partial charge is 0.191 e. The van der Waals surface area contributed by atoms with Gasteiger partial charge in [0.1, 0.15) is 0 Å². The molecule has 2 N–H and O–H groups in total. The summed E-state index contributed by atoms with van der Waals surface area (Å²) in [4.78, 5) is 6.63. The molecule has 0 bridgehead atoms. The third-order valence-electron chi connectivity index (χ3n) is 3.78. The van der Waals surface area contributed by atoms with Gasteiger partial charge in [-0.15, -0.1) is 24.0 Å². The lowest BCUT2D eigenvalue weighted by Crippen LogP contribution is -2.40. The van der Waals surface area contributed by atoms with E-state index in [1.165, 1.54) is 19.3 Å². The SMILES string of the molecule is I.NC(=NCCCOCC1CCOC1)N1CCCCC1. The highest BCUT2D eigenvalue weighted by molar-refractivity contribution is 14.0. The van der Waals surface area contributed by atoms with Crippen molar-refractivity contribution < 1.29 is 9.47 Å². The third-order valence-corrected chi connectivity index (χ3v) is 3.78. The zero-order valence-corrected chi connectivity index (χ0v) is 14.6. The van der Waals surface area contributed by atoms with E-state index in [2.05, 4.69) is 9.89 Å². The van der Waals surface area contributed by atoms with Gasteiger partial charge in [0.2, 0.25) is 0 Å². The van der Waals surface area contributed by atoms with Crippen molar-refractivity contribution in [2.24, 2.45) is 16.6 Å². The maximum absolute atomic E-state index is 5.98. The molecule has 0 amide bonds. The van der Waals surface area contributed by atoms with Crippen molar-refractivity contribution in [3.63, 3.8) is 0 Å². The monoisotopic (exact) mass is 397 g/mol. The Morgan fingerprint density at radius 2 is 2.10 bits per heavy atom. The number of ether oxygens (including phenoxy) is 2. The number of halogens is 1. The largest absolute Gasteiger partial charge is 0.381 e. The van der Waals surface area contributed by atoms with Crippen LogP contribution < -0.4 is 5.73 Å². The number of likely N-dealkylation sites (tertiary alicyclic amines) is 1. The van der Waals surface area contributed by atoms with E-state index in [-0.39, 0.29) is 24.0 Å². The lowest BCUT2D eigenvalue weighted by atomic mass is 10.1. The molecule has 2 saturated heterocycles. The molecule has 0 aromatic rings. The average Bonchev–Trinajstić information content (AvgIpc) is 2.96. The van der Waals surface area contributed by atoms with Gasteiger partial charge >= 0.3 is 0 Å². The van der Waals surface area contributed by atoms with Crippen LogP contribution in [0.25, 0.3) is 0 Å². The van der Waals surface area contributed by atoms with E-state index in [1.807, 2.05) is 0 Å². The van der Waals surface area contributed by atoms with Crippen LogP contribution in [-0.2, 0) is 9.47 Å². The van der Waals surface area contributed by atoms with Gasteiger partial charge in [-0.05, 0) is 32.1 Å². The summed E-state index contributed by atoms with van der Waals surface area (Å²) in [6.07, 6.45) is 5.89. The maximum Gasteiger partial charge on any atom is 0.191 e. The molecule has 2 aliphatic heterocycles. The Morgan fingerprint density at radius 3 is 2.80 bits per heavy atom. The molecular formula is C14H28IN3O2. The molecule has 2 heterocycles. The Bertz CT molecular complexity index is 278. The van der Waals surface area contributed by atoms with Crippen LogP contribution in [0.15, 0.2) is 4.99 Å². The van der Waals surface area contributed by atoms with Crippen molar-refractivity contribution in [3.8, 4) is 0 Å². The van der Waals surface area contributed by atoms with E-state index in [4.69, 9.17) is 15.2 Å². The number of aliphatic imine (C=N–C) groups is 1. The van der Waals surface area contributed by atoms with Gasteiger partial charge in [-0.3, -0.25) is 4.99 Å². The highest BCUT2D eigenvalue weighted by Gasteiger charge is 2.15. The molecule has 0 saturated carbocycles. The second kappa shape index (κ2) is 10.6. The molecule has 6 heteroatoms. The van der Waals surface area contributed by atoms with E-state index >= 15 is 0 Å². The van der Waals surface area contributed by atoms with Crippen LogP contribution in [0, 0.1) is 5.92 Å². The average molecular weight is 397 g/mol. The molecular weight excluding hydrogens is 369 g/mol. The number of nitrogens with two attached hydrogens (primary N) is 1. The first-order valence-electron chi connectivity index (χ1n) is 7.56. The number of nitrogens with zero attached hydrogens (tertiary/aromatic N) is 2. The summed E-state index contributed by atoms with van der Waals surface area (Å²) in [5.74, 6) is 1.31. The lowest BCUT2D eigenvalue weighted by Gasteiger charge is -2.27. The summed E-state index contributed by atoms with van der Waals surface area (Å²) in [6, 6.07) is 0. The van der Waals surface area contributed by atoms with E-state index in [1.54, 1.807) is 0 Å². The van der Waals surface area contributed by atoms with Crippen LogP contribution in [0.2, 0.25) is 0 Å². The normalized spacial score (nSPS) is 23.7. The fourth-order valence-corrected chi connectivity index (χ4v) is 2.55. The molecule has 2 aliphatic rings. The minimum atomic E-state index is 0. The molecule has 0 radical (unpaired) electrons. The van der Waals surface area contributed by atoms with Crippen LogP contribution >= 0.6 is 24.0 Å². The van der Waals surface area contributed by atoms with Crippen molar-refractivity contribution in [2.45, 2.75) is 32.1 Å². The topological polar surface area (TPSA) is 60.1 Å². The van der Waals surface area contributed by atoms with Gasteiger partial charge in [0.25, 0.3) is 0 Å². The Balaban J connectivity index is 0.00000200. The zero-order valence-electron chi connectivity index (χ0n) is 12.3.